The van der Waals surface area contributed by atoms with Crippen LogP contribution >= 0.6 is 0 Å². The number of amides is 2. The quantitative estimate of drug-likeness (QED) is 0.148. The first-order valence-electron chi connectivity index (χ1n) is 16.8. The summed E-state index contributed by atoms with van der Waals surface area (Å²) in [5, 5.41) is 24.0. The van der Waals surface area contributed by atoms with E-state index in [-0.39, 0.29) is 25.6 Å². The van der Waals surface area contributed by atoms with Crippen LogP contribution in [0.1, 0.15) is 104 Å². The van der Waals surface area contributed by atoms with Gasteiger partial charge in [0.15, 0.2) is 11.5 Å². The van der Waals surface area contributed by atoms with E-state index in [4.69, 9.17) is 9.47 Å². The Morgan fingerprint density at radius 1 is 1.02 bits per heavy atom. The number of rotatable bonds is 18. The van der Waals surface area contributed by atoms with Crippen molar-refractivity contribution in [2.75, 3.05) is 20.3 Å². The minimum Gasteiger partial charge on any atom is -0.493 e. The molecule has 3 N–H and O–H groups in total. The van der Waals surface area contributed by atoms with Crippen LogP contribution in [0.25, 0.3) is 0 Å². The predicted octanol–water partition coefficient (Wildman–Crippen LogP) is 5.39. The smallest absolute Gasteiger partial charge is 0.247 e. The van der Waals surface area contributed by atoms with Crippen molar-refractivity contribution in [1.82, 2.24) is 10.2 Å². The van der Waals surface area contributed by atoms with Crippen LogP contribution in [0.3, 0.4) is 0 Å². The molecular weight excluding hydrogens is 584 g/mol. The number of carbonyl (C=O) groups is 3. The molecule has 1 aliphatic heterocycles. The van der Waals surface area contributed by atoms with Gasteiger partial charge in [0.25, 0.3) is 0 Å². The van der Waals surface area contributed by atoms with Crippen molar-refractivity contribution in [2.45, 2.75) is 109 Å². The van der Waals surface area contributed by atoms with E-state index in [0.717, 1.165) is 36.8 Å². The summed E-state index contributed by atoms with van der Waals surface area (Å²) in [6.45, 7) is 4.26. The number of unbranched alkanes of at least 4 members (excludes halogenated alkanes) is 8. The molecule has 9 heteroatoms. The number of benzene rings is 2. The van der Waals surface area contributed by atoms with E-state index >= 15 is 0 Å². The summed E-state index contributed by atoms with van der Waals surface area (Å²) in [4.78, 5) is 41.0. The number of methoxy groups -OCH3 is 1. The van der Waals surface area contributed by atoms with Gasteiger partial charge >= 0.3 is 0 Å². The first kappa shape index (κ1) is 35.2. The predicted molar refractivity (Wildman–Crippen MR) is 177 cm³/mol. The van der Waals surface area contributed by atoms with Crippen molar-refractivity contribution in [3.8, 4) is 11.5 Å². The van der Waals surface area contributed by atoms with E-state index in [1.165, 1.54) is 39.2 Å². The summed E-state index contributed by atoms with van der Waals surface area (Å²) in [5.41, 5.74) is 3.22. The lowest BCUT2D eigenvalue weighted by Crippen LogP contribution is -2.55. The highest BCUT2D eigenvalue weighted by molar-refractivity contribution is 5.96. The Bertz CT molecular complexity index is 1360. The van der Waals surface area contributed by atoms with Gasteiger partial charge in [-0.15, -0.1) is 0 Å². The molecule has 1 aliphatic carbocycles. The van der Waals surface area contributed by atoms with Crippen molar-refractivity contribution >= 4 is 18.1 Å². The van der Waals surface area contributed by atoms with Gasteiger partial charge in [0, 0.05) is 36.2 Å². The Morgan fingerprint density at radius 2 is 1.70 bits per heavy atom. The van der Waals surface area contributed by atoms with E-state index in [1.807, 2.05) is 31.2 Å². The highest BCUT2D eigenvalue weighted by atomic mass is 16.5. The number of aldehydes is 1. The Labute approximate surface area is 273 Å². The van der Waals surface area contributed by atoms with Crippen LogP contribution in [0.5, 0.6) is 11.5 Å². The van der Waals surface area contributed by atoms with Gasteiger partial charge in [-0.2, -0.15) is 0 Å². The molecule has 0 unspecified atom stereocenters. The van der Waals surface area contributed by atoms with E-state index in [2.05, 4.69) is 12.2 Å². The molecule has 9 nitrogen and oxygen atoms in total. The van der Waals surface area contributed by atoms with Crippen LogP contribution < -0.4 is 14.8 Å². The summed E-state index contributed by atoms with van der Waals surface area (Å²) < 4.78 is 11.8. The Kier molecular flexibility index (Phi) is 13.2. The van der Waals surface area contributed by atoms with Crippen LogP contribution in [-0.4, -0.2) is 71.7 Å². The van der Waals surface area contributed by atoms with E-state index in [1.54, 1.807) is 23.1 Å². The maximum absolute atomic E-state index is 14.0. The van der Waals surface area contributed by atoms with Gasteiger partial charge in [-0.3, -0.25) is 14.4 Å². The largest absolute Gasteiger partial charge is 0.493 e. The van der Waals surface area contributed by atoms with Gasteiger partial charge in [0.1, 0.15) is 18.5 Å². The SMILES string of the molecule is CCCCCCCCCCCC(=O)N(Cc1ccc(C)cc1)[C@@H]1C=C(C(=O)NCCO)[C@@H]2c3cc(C=O)cc(OC)c3O[C@@H]2[C@H]1O. The molecule has 2 aliphatic rings. The third-order valence-electron chi connectivity index (χ3n) is 9.06. The fourth-order valence-corrected chi connectivity index (χ4v) is 6.54. The fourth-order valence-electron chi connectivity index (χ4n) is 6.54. The number of fused-ring (bicyclic) bond motifs is 3. The number of hydrogen-bond donors (Lipinski definition) is 3. The molecule has 4 rings (SSSR count). The molecule has 0 spiro atoms. The lowest BCUT2D eigenvalue weighted by Gasteiger charge is -2.41. The van der Waals surface area contributed by atoms with Crippen LogP contribution in [0, 0.1) is 6.92 Å². The van der Waals surface area contributed by atoms with Crippen LogP contribution in [0.15, 0.2) is 48.0 Å². The molecule has 0 radical (unpaired) electrons. The molecule has 4 atom stereocenters. The monoisotopic (exact) mass is 634 g/mol. The average Bonchev–Trinajstić information content (AvgIpc) is 3.46. The molecule has 0 saturated heterocycles. The van der Waals surface area contributed by atoms with Gasteiger partial charge in [0.2, 0.25) is 11.8 Å². The molecule has 0 bridgehead atoms. The lowest BCUT2D eigenvalue weighted by molar-refractivity contribution is -0.138. The molecule has 0 saturated carbocycles. The summed E-state index contributed by atoms with van der Waals surface area (Å²) in [7, 11) is 1.47. The molecular formula is C37H50N2O7. The standard InChI is InChI=1S/C37H50N2O7/c1-4-5-6-7-8-9-10-11-12-13-32(42)39(23-26-16-14-25(2)15-17-26)30-22-29(37(44)38-18-19-40)33-28-20-27(24-41)21-31(45-3)35(28)46-36(33)34(30)43/h14-17,20-22,24,30,33-34,36,40,43H,4-13,18-19,23H2,1-3H3,(H,38,44)/t30-,33+,34+,36+/m1/s1. The fraction of sp³-hybridized carbons (Fsp3) is 0.541. The van der Waals surface area contributed by atoms with Crippen molar-refractivity contribution in [2.24, 2.45) is 0 Å². The number of aliphatic hydroxyl groups excluding tert-OH is 2. The number of nitrogens with one attached hydrogen (secondary N) is 1. The third kappa shape index (κ3) is 8.56. The van der Waals surface area contributed by atoms with Crippen molar-refractivity contribution in [3.05, 3.63) is 70.3 Å². The topological polar surface area (TPSA) is 125 Å². The lowest BCUT2D eigenvalue weighted by atomic mass is 9.77. The summed E-state index contributed by atoms with van der Waals surface area (Å²) in [6, 6.07) is 10.3. The number of ether oxygens (including phenoxy) is 2. The van der Waals surface area contributed by atoms with Crippen molar-refractivity contribution < 1.29 is 34.1 Å². The average molecular weight is 635 g/mol. The Morgan fingerprint density at radius 3 is 2.33 bits per heavy atom. The van der Waals surface area contributed by atoms with Gasteiger partial charge in [0.05, 0.1) is 25.7 Å². The minimum atomic E-state index is -1.17. The molecule has 0 aromatic heterocycles. The number of aryl methyl sites for hydroxylation is 1. The van der Waals surface area contributed by atoms with Gasteiger partial charge in [-0.25, -0.2) is 0 Å². The van der Waals surface area contributed by atoms with Gasteiger partial charge in [-0.1, -0.05) is 88.1 Å². The van der Waals surface area contributed by atoms with Crippen LogP contribution in [0.2, 0.25) is 0 Å². The number of nitrogens with zero attached hydrogens (tertiary/aromatic N) is 1. The number of aliphatic hydroxyl groups is 2. The second-order valence-electron chi connectivity index (χ2n) is 12.5. The molecule has 0 fully saturated rings. The Hall–Kier alpha value is -3.69. The number of hydrogen-bond acceptors (Lipinski definition) is 7. The first-order chi connectivity index (χ1) is 22.3. The highest BCUT2D eigenvalue weighted by Crippen LogP contribution is 2.51. The molecule has 1 heterocycles. The zero-order chi connectivity index (χ0) is 33.1. The maximum atomic E-state index is 14.0. The zero-order valence-corrected chi connectivity index (χ0v) is 27.5. The Balaban J connectivity index is 1.62. The maximum Gasteiger partial charge on any atom is 0.247 e. The van der Waals surface area contributed by atoms with Crippen LogP contribution in [-0.2, 0) is 16.1 Å². The number of carbonyl (C=O) groups excluding carboxylic acids is 3. The van der Waals surface area contributed by atoms with Crippen molar-refractivity contribution in [1.29, 1.82) is 0 Å². The molecule has 2 amide bonds. The summed E-state index contributed by atoms with van der Waals surface area (Å²) >= 11 is 0. The van der Waals surface area contributed by atoms with E-state index in [0.29, 0.717) is 40.9 Å². The minimum absolute atomic E-state index is 0.0385. The molecule has 2 aromatic carbocycles. The second kappa shape index (κ2) is 17.3. The van der Waals surface area contributed by atoms with Crippen LogP contribution in [0.4, 0.5) is 0 Å². The van der Waals surface area contributed by atoms with Crippen molar-refractivity contribution in [3.63, 3.8) is 0 Å². The second-order valence-corrected chi connectivity index (χ2v) is 12.5. The molecule has 2 aromatic rings. The third-order valence-corrected chi connectivity index (χ3v) is 9.06. The van der Waals surface area contributed by atoms with Gasteiger partial charge < -0.3 is 29.9 Å². The normalized spacial score (nSPS) is 19.8. The highest BCUT2D eigenvalue weighted by Gasteiger charge is 2.51. The van der Waals surface area contributed by atoms with Gasteiger partial charge in [-0.05, 0) is 37.1 Å². The summed E-state index contributed by atoms with van der Waals surface area (Å²) in [6.07, 6.45) is 10.8. The molecule has 250 valence electrons. The van der Waals surface area contributed by atoms with E-state index in [9.17, 15) is 24.6 Å². The first-order valence-corrected chi connectivity index (χ1v) is 16.8. The molecule has 46 heavy (non-hydrogen) atoms. The summed E-state index contributed by atoms with van der Waals surface area (Å²) in [5.74, 6) is -0.564. The zero-order valence-electron chi connectivity index (χ0n) is 27.5. The van der Waals surface area contributed by atoms with E-state index < -0.39 is 30.1 Å².